The summed E-state index contributed by atoms with van der Waals surface area (Å²) < 4.78 is 0. The van der Waals surface area contributed by atoms with Gasteiger partial charge in [-0.05, 0) is 31.4 Å². The average molecular weight is 292 g/mol. The van der Waals surface area contributed by atoms with Crippen LogP contribution in [0.1, 0.15) is 41.6 Å². The zero-order valence-electron chi connectivity index (χ0n) is 12.0. The molecule has 0 saturated heterocycles. The predicted octanol–water partition coefficient (Wildman–Crippen LogP) is 2.18. The van der Waals surface area contributed by atoms with Crippen LogP contribution in [0.15, 0.2) is 18.2 Å². The molecule has 0 bridgehead atoms. The summed E-state index contributed by atoms with van der Waals surface area (Å²) in [6.45, 7) is 2.14. The first-order valence-corrected chi connectivity index (χ1v) is 7.20. The van der Waals surface area contributed by atoms with Crippen LogP contribution in [0.4, 0.5) is 5.69 Å². The standard InChI is InChI=1S/C15H20N2O4/c1-10-6-7-13(17(20)21)12(8-10)15(19)16-9-11-4-2-3-5-14(11)18/h6-8,11,14,18H,2-5,9H2,1H3,(H,16,19). The second-order valence-electron chi connectivity index (χ2n) is 5.60. The molecule has 0 aromatic heterocycles. The molecule has 6 nitrogen and oxygen atoms in total. The fourth-order valence-electron chi connectivity index (χ4n) is 2.74. The van der Waals surface area contributed by atoms with Crippen molar-refractivity contribution in [1.29, 1.82) is 0 Å². The number of aryl methyl sites for hydroxylation is 1. The third kappa shape index (κ3) is 3.78. The summed E-state index contributed by atoms with van der Waals surface area (Å²) in [6.07, 6.45) is 3.28. The second-order valence-corrected chi connectivity index (χ2v) is 5.60. The molecule has 1 fully saturated rings. The fraction of sp³-hybridized carbons (Fsp3) is 0.533. The van der Waals surface area contributed by atoms with Crippen LogP contribution in [-0.4, -0.2) is 28.6 Å². The van der Waals surface area contributed by atoms with Crippen LogP contribution in [-0.2, 0) is 0 Å². The first kappa shape index (κ1) is 15.4. The van der Waals surface area contributed by atoms with Gasteiger partial charge in [-0.2, -0.15) is 0 Å². The van der Waals surface area contributed by atoms with Gasteiger partial charge in [0.1, 0.15) is 5.56 Å². The minimum Gasteiger partial charge on any atom is -0.393 e. The Balaban J connectivity index is 2.06. The number of amides is 1. The molecule has 1 aliphatic rings. The van der Waals surface area contributed by atoms with Crippen LogP contribution in [0, 0.1) is 23.0 Å². The van der Waals surface area contributed by atoms with Gasteiger partial charge in [0, 0.05) is 18.5 Å². The van der Waals surface area contributed by atoms with Crippen LogP contribution in [0.3, 0.4) is 0 Å². The lowest BCUT2D eigenvalue weighted by atomic mass is 9.86. The summed E-state index contributed by atoms with van der Waals surface area (Å²) in [6, 6.07) is 4.48. The van der Waals surface area contributed by atoms with Gasteiger partial charge in [-0.3, -0.25) is 14.9 Å². The van der Waals surface area contributed by atoms with Gasteiger partial charge in [0.2, 0.25) is 0 Å². The van der Waals surface area contributed by atoms with E-state index in [1.807, 2.05) is 0 Å². The van der Waals surface area contributed by atoms with Crippen molar-refractivity contribution in [3.8, 4) is 0 Å². The van der Waals surface area contributed by atoms with Gasteiger partial charge in [0.25, 0.3) is 11.6 Å². The zero-order chi connectivity index (χ0) is 15.4. The number of hydrogen-bond donors (Lipinski definition) is 2. The van der Waals surface area contributed by atoms with Gasteiger partial charge < -0.3 is 10.4 Å². The highest BCUT2D eigenvalue weighted by Crippen LogP contribution is 2.24. The van der Waals surface area contributed by atoms with Crippen molar-refractivity contribution in [2.75, 3.05) is 6.54 Å². The number of benzene rings is 1. The number of carbonyl (C=O) groups excluding carboxylic acids is 1. The van der Waals surface area contributed by atoms with Crippen LogP contribution >= 0.6 is 0 Å². The van der Waals surface area contributed by atoms with Crippen molar-refractivity contribution < 1.29 is 14.8 Å². The lowest BCUT2D eigenvalue weighted by Gasteiger charge is -2.27. The molecule has 114 valence electrons. The lowest BCUT2D eigenvalue weighted by Crippen LogP contribution is -2.36. The Kier molecular flexibility index (Phi) is 4.90. The van der Waals surface area contributed by atoms with Crippen LogP contribution in [0.25, 0.3) is 0 Å². The first-order valence-electron chi connectivity index (χ1n) is 7.20. The molecule has 0 heterocycles. The molecule has 6 heteroatoms. The summed E-state index contributed by atoms with van der Waals surface area (Å²) in [7, 11) is 0. The van der Waals surface area contributed by atoms with Gasteiger partial charge in [0.05, 0.1) is 11.0 Å². The van der Waals surface area contributed by atoms with E-state index in [0.717, 1.165) is 31.2 Å². The summed E-state index contributed by atoms with van der Waals surface area (Å²) in [5.74, 6) is -0.422. The fourth-order valence-corrected chi connectivity index (χ4v) is 2.74. The maximum absolute atomic E-state index is 12.2. The Hall–Kier alpha value is -1.95. The minimum atomic E-state index is -0.552. The van der Waals surface area contributed by atoms with E-state index in [2.05, 4.69) is 5.32 Å². The normalized spacial score (nSPS) is 21.8. The Morgan fingerprint density at radius 1 is 1.43 bits per heavy atom. The highest BCUT2D eigenvalue weighted by Gasteiger charge is 2.25. The smallest absolute Gasteiger partial charge is 0.282 e. The van der Waals surface area contributed by atoms with Crippen LogP contribution in [0.5, 0.6) is 0 Å². The van der Waals surface area contributed by atoms with Crippen molar-refractivity contribution >= 4 is 11.6 Å². The van der Waals surface area contributed by atoms with Gasteiger partial charge in [-0.25, -0.2) is 0 Å². The number of nitrogens with one attached hydrogen (secondary N) is 1. The molecule has 1 aliphatic carbocycles. The summed E-state index contributed by atoms with van der Waals surface area (Å²) in [5, 5.41) is 23.6. The van der Waals surface area contributed by atoms with Crippen LogP contribution in [0.2, 0.25) is 0 Å². The van der Waals surface area contributed by atoms with Crippen molar-refractivity contribution in [3.63, 3.8) is 0 Å². The van der Waals surface area contributed by atoms with E-state index in [4.69, 9.17) is 0 Å². The van der Waals surface area contributed by atoms with Gasteiger partial charge in [-0.15, -0.1) is 0 Å². The molecular weight excluding hydrogens is 272 g/mol. The maximum Gasteiger partial charge on any atom is 0.282 e. The van der Waals surface area contributed by atoms with Gasteiger partial charge in [-0.1, -0.05) is 18.9 Å². The number of nitro groups is 1. The zero-order valence-corrected chi connectivity index (χ0v) is 12.0. The molecule has 0 spiro atoms. The number of aliphatic hydroxyl groups excluding tert-OH is 1. The molecule has 1 amide bonds. The highest BCUT2D eigenvalue weighted by atomic mass is 16.6. The highest BCUT2D eigenvalue weighted by molar-refractivity contribution is 5.98. The Morgan fingerprint density at radius 3 is 2.81 bits per heavy atom. The lowest BCUT2D eigenvalue weighted by molar-refractivity contribution is -0.385. The Bertz CT molecular complexity index is 544. The van der Waals surface area contributed by atoms with Crippen molar-refractivity contribution in [2.45, 2.75) is 38.7 Å². The minimum absolute atomic E-state index is 0.0339. The molecule has 0 aliphatic heterocycles. The first-order chi connectivity index (χ1) is 9.99. The molecule has 2 rings (SSSR count). The van der Waals surface area contributed by atoms with E-state index >= 15 is 0 Å². The molecule has 1 aromatic carbocycles. The average Bonchev–Trinajstić information content (AvgIpc) is 2.45. The van der Waals surface area contributed by atoms with Gasteiger partial charge >= 0.3 is 0 Å². The molecule has 2 atom stereocenters. The predicted molar refractivity (Wildman–Crippen MR) is 78.1 cm³/mol. The van der Waals surface area contributed by atoms with E-state index < -0.39 is 16.9 Å². The van der Waals surface area contributed by atoms with Crippen molar-refractivity contribution in [1.82, 2.24) is 5.32 Å². The molecule has 2 N–H and O–H groups in total. The summed E-state index contributed by atoms with van der Waals surface area (Å²) >= 11 is 0. The number of nitro benzene ring substituents is 1. The monoisotopic (exact) mass is 292 g/mol. The molecule has 0 radical (unpaired) electrons. The molecule has 1 saturated carbocycles. The largest absolute Gasteiger partial charge is 0.393 e. The number of carbonyl (C=O) groups is 1. The van der Waals surface area contributed by atoms with Crippen molar-refractivity contribution in [2.24, 2.45) is 5.92 Å². The Morgan fingerprint density at radius 2 is 2.14 bits per heavy atom. The maximum atomic E-state index is 12.2. The molecule has 1 aromatic rings. The van der Waals surface area contributed by atoms with E-state index in [9.17, 15) is 20.0 Å². The number of hydrogen-bond acceptors (Lipinski definition) is 4. The van der Waals surface area contributed by atoms with E-state index in [-0.39, 0.29) is 17.2 Å². The Labute approximate surface area is 123 Å². The van der Waals surface area contributed by atoms with E-state index in [1.54, 1.807) is 13.0 Å². The number of rotatable bonds is 4. The van der Waals surface area contributed by atoms with Crippen molar-refractivity contribution in [3.05, 3.63) is 39.4 Å². The molecule has 2 unspecified atom stereocenters. The molecule has 21 heavy (non-hydrogen) atoms. The third-order valence-corrected chi connectivity index (χ3v) is 3.99. The van der Waals surface area contributed by atoms with E-state index in [0.29, 0.717) is 6.54 Å². The van der Waals surface area contributed by atoms with E-state index in [1.165, 1.54) is 12.1 Å². The summed E-state index contributed by atoms with van der Waals surface area (Å²) in [4.78, 5) is 22.6. The molecular formula is C15H20N2O4. The van der Waals surface area contributed by atoms with Gasteiger partial charge in [0.15, 0.2) is 0 Å². The van der Waals surface area contributed by atoms with Crippen LogP contribution < -0.4 is 5.32 Å². The second kappa shape index (κ2) is 6.67. The summed E-state index contributed by atoms with van der Waals surface area (Å²) in [5.41, 5.74) is 0.677. The third-order valence-electron chi connectivity index (χ3n) is 3.99. The number of aliphatic hydroxyl groups is 1. The number of nitrogens with zero attached hydrogens (tertiary/aromatic N) is 1. The quantitative estimate of drug-likeness (QED) is 0.657. The topological polar surface area (TPSA) is 92.5 Å². The SMILES string of the molecule is Cc1ccc([N+](=O)[O-])c(C(=O)NCC2CCCCC2O)c1.